The molecule has 0 aliphatic carbocycles. The Bertz CT molecular complexity index is 557. The van der Waals surface area contributed by atoms with Crippen LogP contribution in [-0.2, 0) is 6.42 Å². The topological polar surface area (TPSA) is 76.0 Å². The fourth-order valence-electron chi connectivity index (χ4n) is 1.32. The minimum atomic E-state index is -0.983. The molecule has 0 aliphatic rings. The van der Waals surface area contributed by atoms with Gasteiger partial charge in [0.05, 0.1) is 5.56 Å². The van der Waals surface area contributed by atoms with Gasteiger partial charge in [0.1, 0.15) is 10.9 Å². The minimum Gasteiger partial charge on any atom is -0.478 e. The molecule has 5 nitrogen and oxygen atoms in total. The zero-order chi connectivity index (χ0) is 13.0. The third-order valence-electron chi connectivity index (χ3n) is 2.11. The molecular formula is C11H11N3O2S2. The maximum absolute atomic E-state index is 11.0. The molecule has 1 N–H and O–H groups in total. The van der Waals surface area contributed by atoms with Gasteiger partial charge in [0, 0.05) is 12.6 Å². The van der Waals surface area contributed by atoms with Crippen molar-refractivity contribution in [1.29, 1.82) is 0 Å². The van der Waals surface area contributed by atoms with Gasteiger partial charge < -0.3 is 5.11 Å². The van der Waals surface area contributed by atoms with E-state index in [4.69, 9.17) is 5.11 Å². The van der Waals surface area contributed by atoms with E-state index in [9.17, 15) is 4.79 Å². The lowest BCUT2D eigenvalue weighted by atomic mass is 10.3. The predicted octanol–water partition coefficient (Wildman–Crippen LogP) is 2.74. The van der Waals surface area contributed by atoms with Crippen LogP contribution in [0, 0.1) is 0 Å². The van der Waals surface area contributed by atoms with Crippen LogP contribution < -0.4 is 0 Å². The highest BCUT2D eigenvalue weighted by atomic mass is 32.2. The molecule has 0 fully saturated rings. The molecule has 2 aromatic rings. The Balaban J connectivity index is 2.20. The molecule has 2 rings (SSSR count). The lowest BCUT2D eigenvalue weighted by Gasteiger charge is -2.00. The van der Waals surface area contributed by atoms with E-state index in [2.05, 4.69) is 21.3 Å². The van der Waals surface area contributed by atoms with Gasteiger partial charge in [-0.15, -0.1) is 0 Å². The molecule has 94 valence electrons. The van der Waals surface area contributed by atoms with Crippen molar-refractivity contribution in [1.82, 2.24) is 14.3 Å². The monoisotopic (exact) mass is 281 g/mol. The number of aryl methyl sites for hydroxylation is 1. The molecule has 0 bridgehead atoms. The zero-order valence-electron chi connectivity index (χ0n) is 9.66. The maximum Gasteiger partial charge on any atom is 0.338 e. The second kappa shape index (κ2) is 5.92. The predicted molar refractivity (Wildman–Crippen MR) is 69.2 cm³/mol. The number of aromatic nitrogens is 3. The SMILES string of the molecule is CCCc1nsc(Sc2ncccc2C(=O)O)n1. The van der Waals surface area contributed by atoms with Crippen molar-refractivity contribution in [2.45, 2.75) is 29.1 Å². The summed E-state index contributed by atoms with van der Waals surface area (Å²) in [5.41, 5.74) is 0.190. The highest BCUT2D eigenvalue weighted by molar-refractivity contribution is 8.01. The van der Waals surface area contributed by atoms with E-state index in [1.165, 1.54) is 29.4 Å². The van der Waals surface area contributed by atoms with Crippen LogP contribution in [0.15, 0.2) is 27.7 Å². The first-order chi connectivity index (χ1) is 8.70. The van der Waals surface area contributed by atoms with Gasteiger partial charge in [-0.2, -0.15) is 4.37 Å². The lowest BCUT2D eigenvalue weighted by Crippen LogP contribution is -1.99. The number of aromatic carboxylic acids is 1. The molecule has 0 aliphatic heterocycles. The number of carboxylic acid groups (broad SMARTS) is 1. The minimum absolute atomic E-state index is 0.190. The fraction of sp³-hybridized carbons (Fsp3) is 0.273. The van der Waals surface area contributed by atoms with Crippen LogP contribution in [0.1, 0.15) is 29.5 Å². The van der Waals surface area contributed by atoms with Crippen molar-refractivity contribution in [3.63, 3.8) is 0 Å². The molecule has 0 atom stereocenters. The number of hydrogen-bond acceptors (Lipinski definition) is 6. The van der Waals surface area contributed by atoms with E-state index >= 15 is 0 Å². The second-order valence-electron chi connectivity index (χ2n) is 3.49. The van der Waals surface area contributed by atoms with Crippen molar-refractivity contribution in [2.24, 2.45) is 0 Å². The summed E-state index contributed by atoms with van der Waals surface area (Å²) in [6, 6.07) is 3.14. The van der Waals surface area contributed by atoms with Crippen molar-refractivity contribution in [2.75, 3.05) is 0 Å². The van der Waals surface area contributed by atoms with Gasteiger partial charge in [-0.3, -0.25) is 0 Å². The van der Waals surface area contributed by atoms with E-state index in [1.54, 1.807) is 12.3 Å². The lowest BCUT2D eigenvalue weighted by molar-refractivity contribution is 0.0692. The average Bonchev–Trinajstić information content (AvgIpc) is 2.77. The van der Waals surface area contributed by atoms with Crippen molar-refractivity contribution in [3.8, 4) is 0 Å². The first-order valence-electron chi connectivity index (χ1n) is 5.39. The van der Waals surface area contributed by atoms with E-state index in [0.29, 0.717) is 5.03 Å². The molecule has 0 radical (unpaired) electrons. The summed E-state index contributed by atoms with van der Waals surface area (Å²) in [6.45, 7) is 2.06. The molecule has 0 unspecified atom stereocenters. The van der Waals surface area contributed by atoms with Gasteiger partial charge in [-0.25, -0.2) is 14.8 Å². The summed E-state index contributed by atoms with van der Waals surface area (Å²) in [6.07, 6.45) is 3.40. The number of carboxylic acids is 1. The third-order valence-corrected chi connectivity index (χ3v) is 3.92. The largest absolute Gasteiger partial charge is 0.478 e. The van der Waals surface area contributed by atoms with Crippen LogP contribution in [0.4, 0.5) is 0 Å². The Hall–Kier alpha value is -1.47. The summed E-state index contributed by atoms with van der Waals surface area (Å²) >= 11 is 2.52. The highest BCUT2D eigenvalue weighted by Crippen LogP contribution is 2.29. The first kappa shape index (κ1) is 13.0. The summed E-state index contributed by atoms with van der Waals surface area (Å²) < 4.78 is 4.93. The zero-order valence-corrected chi connectivity index (χ0v) is 11.3. The molecule has 18 heavy (non-hydrogen) atoms. The molecule has 0 saturated carbocycles. The summed E-state index contributed by atoms with van der Waals surface area (Å²) in [4.78, 5) is 19.4. The Kier molecular flexibility index (Phi) is 4.27. The van der Waals surface area contributed by atoms with E-state index in [1.807, 2.05) is 0 Å². The van der Waals surface area contributed by atoms with Crippen LogP contribution in [-0.4, -0.2) is 25.4 Å². The number of pyridine rings is 1. The second-order valence-corrected chi connectivity index (χ2v) is 5.48. The van der Waals surface area contributed by atoms with Gasteiger partial charge in [-0.1, -0.05) is 6.92 Å². The van der Waals surface area contributed by atoms with Gasteiger partial charge in [0.15, 0.2) is 4.34 Å². The molecule has 0 spiro atoms. The van der Waals surface area contributed by atoms with Crippen molar-refractivity contribution < 1.29 is 9.90 Å². The molecule has 0 saturated heterocycles. The number of rotatable bonds is 5. The molecule has 2 heterocycles. The molecule has 0 aromatic carbocycles. The highest BCUT2D eigenvalue weighted by Gasteiger charge is 2.14. The van der Waals surface area contributed by atoms with E-state index in [0.717, 1.165) is 23.0 Å². The van der Waals surface area contributed by atoms with E-state index < -0.39 is 5.97 Å². The molecular weight excluding hydrogens is 270 g/mol. The van der Waals surface area contributed by atoms with Crippen LogP contribution in [0.3, 0.4) is 0 Å². The van der Waals surface area contributed by atoms with Crippen LogP contribution in [0.2, 0.25) is 0 Å². The standard InChI is InChI=1S/C11H11N3O2S2/c1-2-4-8-13-11(18-14-8)17-9-7(10(15)16)5-3-6-12-9/h3,5-6H,2,4H2,1H3,(H,15,16). The molecule has 7 heteroatoms. The van der Waals surface area contributed by atoms with Gasteiger partial charge in [-0.05, 0) is 41.8 Å². The number of hydrogen-bond donors (Lipinski definition) is 1. The van der Waals surface area contributed by atoms with Crippen LogP contribution in [0.5, 0.6) is 0 Å². The van der Waals surface area contributed by atoms with E-state index in [-0.39, 0.29) is 5.56 Å². The molecule has 2 aromatic heterocycles. The quantitative estimate of drug-likeness (QED) is 0.908. The normalized spacial score (nSPS) is 10.5. The van der Waals surface area contributed by atoms with Crippen LogP contribution >= 0.6 is 23.3 Å². The van der Waals surface area contributed by atoms with Gasteiger partial charge in [0.25, 0.3) is 0 Å². The smallest absolute Gasteiger partial charge is 0.338 e. The third kappa shape index (κ3) is 3.05. The first-order valence-corrected chi connectivity index (χ1v) is 6.98. The van der Waals surface area contributed by atoms with Crippen molar-refractivity contribution >= 4 is 29.3 Å². The Morgan fingerprint density at radius 3 is 3.11 bits per heavy atom. The number of nitrogens with zero attached hydrogens (tertiary/aromatic N) is 3. The summed E-state index contributed by atoms with van der Waals surface area (Å²) in [5.74, 6) is -0.179. The maximum atomic E-state index is 11.0. The Morgan fingerprint density at radius 1 is 1.56 bits per heavy atom. The summed E-state index contributed by atoms with van der Waals surface area (Å²) in [7, 11) is 0. The molecule has 0 amide bonds. The van der Waals surface area contributed by atoms with Gasteiger partial charge in [0.2, 0.25) is 0 Å². The Labute approximate surface area is 112 Å². The Morgan fingerprint density at radius 2 is 2.39 bits per heavy atom. The fourth-order valence-corrected chi connectivity index (χ4v) is 2.98. The average molecular weight is 281 g/mol. The number of carbonyl (C=O) groups is 1. The summed E-state index contributed by atoms with van der Waals surface area (Å²) in [5, 5.41) is 9.50. The van der Waals surface area contributed by atoms with Gasteiger partial charge >= 0.3 is 5.97 Å². The van der Waals surface area contributed by atoms with Crippen LogP contribution in [0.25, 0.3) is 0 Å². The van der Waals surface area contributed by atoms with Crippen molar-refractivity contribution in [3.05, 3.63) is 29.7 Å².